The number of hydrogen-bond acceptors (Lipinski definition) is 2. The van der Waals surface area contributed by atoms with Crippen molar-refractivity contribution in [2.75, 3.05) is 5.32 Å². The molecule has 0 heterocycles. The molecule has 1 N–H and O–H groups in total. The predicted octanol–water partition coefficient (Wildman–Crippen LogP) is 4.63. The average molecular weight is 333 g/mol. The van der Waals surface area contributed by atoms with E-state index in [1.807, 2.05) is 12.1 Å². The van der Waals surface area contributed by atoms with Crippen molar-refractivity contribution < 1.29 is 4.79 Å². The van der Waals surface area contributed by atoms with Crippen LogP contribution in [0.15, 0.2) is 42.5 Å². The second kappa shape index (κ2) is 7.84. The lowest BCUT2D eigenvalue weighted by Crippen LogP contribution is -2.12. The van der Waals surface area contributed by atoms with E-state index in [1.54, 1.807) is 30.3 Å². The molecule has 0 saturated carbocycles. The van der Waals surface area contributed by atoms with Crippen LogP contribution >= 0.6 is 23.2 Å². The molecule has 0 atom stereocenters. The number of benzene rings is 2. The van der Waals surface area contributed by atoms with Crippen molar-refractivity contribution in [1.29, 1.82) is 5.26 Å². The highest BCUT2D eigenvalue weighted by Crippen LogP contribution is 2.25. The van der Waals surface area contributed by atoms with Crippen LogP contribution in [-0.4, -0.2) is 5.91 Å². The summed E-state index contributed by atoms with van der Waals surface area (Å²) in [7, 11) is 0. The summed E-state index contributed by atoms with van der Waals surface area (Å²) in [6.07, 6.45) is 1.14. The van der Waals surface area contributed by atoms with Crippen LogP contribution in [0, 0.1) is 11.3 Å². The Kier molecular flexibility index (Phi) is 5.83. The highest BCUT2D eigenvalue weighted by Gasteiger charge is 2.09. The molecule has 2 rings (SSSR count). The Balaban J connectivity index is 1.92. The van der Waals surface area contributed by atoms with Gasteiger partial charge in [0.15, 0.2) is 0 Å². The van der Waals surface area contributed by atoms with Crippen LogP contribution in [-0.2, 0) is 17.6 Å². The quantitative estimate of drug-likeness (QED) is 0.867. The SMILES string of the molecule is N#CCc1ccc(NC(=O)CCc2c(Cl)cccc2Cl)cc1. The Morgan fingerprint density at radius 1 is 1.09 bits per heavy atom. The van der Waals surface area contributed by atoms with Crippen molar-refractivity contribution in [2.45, 2.75) is 19.3 Å². The van der Waals surface area contributed by atoms with Gasteiger partial charge in [0.2, 0.25) is 5.91 Å². The van der Waals surface area contributed by atoms with Crippen molar-refractivity contribution in [3.05, 3.63) is 63.6 Å². The first kappa shape index (κ1) is 16.4. The normalized spacial score (nSPS) is 10.0. The van der Waals surface area contributed by atoms with Gasteiger partial charge < -0.3 is 5.32 Å². The summed E-state index contributed by atoms with van der Waals surface area (Å²) in [4.78, 5) is 12.0. The summed E-state index contributed by atoms with van der Waals surface area (Å²) in [6, 6.07) is 14.6. The Labute approximate surface area is 139 Å². The van der Waals surface area contributed by atoms with Crippen LogP contribution in [0.1, 0.15) is 17.5 Å². The molecule has 2 aromatic carbocycles. The molecule has 0 aliphatic carbocycles. The van der Waals surface area contributed by atoms with Crippen LogP contribution in [0.3, 0.4) is 0 Å². The fourth-order valence-corrected chi connectivity index (χ4v) is 2.62. The van der Waals surface area contributed by atoms with E-state index in [1.165, 1.54) is 0 Å². The molecule has 5 heteroatoms. The number of rotatable bonds is 5. The molecule has 0 aliphatic heterocycles. The lowest BCUT2D eigenvalue weighted by Gasteiger charge is -2.08. The highest BCUT2D eigenvalue weighted by molar-refractivity contribution is 6.36. The molecule has 2 aromatic rings. The minimum atomic E-state index is -0.107. The molecule has 0 bridgehead atoms. The van der Waals surface area contributed by atoms with Crippen LogP contribution < -0.4 is 5.32 Å². The van der Waals surface area contributed by atoms with E-state index in [9.17, 15) is 4.79 Å². The molecule has 0 fully saturated rings. The number of hydrogen-bond donors (Lipinski definition) is 1. The van der Waals surface area contributed by atoms with Crippen LogP contribution in [0.5, 0.6) is 0 Å². The van der Waals surface area contributed by atoms with Crippen molar-refractivity contribution >= 4 is 34.8 Å². The van der Waals surface area contributed by atoms with Gasteiger partial charge in [0, 0.05) is 22.2 Å². The van der Waals surface area contributed by atoms with Crippen molar-refractivity contribution in [1.82, 2.24) is 0 Å². The van der Waals surface area contributed by atoms with E-state index in [0.717, 1.165) is 11.1 Å². The Hall–Kier alpha value is -2.02. The third kappa shape index (κ3) is 4.49. The van der Waals surface area contributed by atoms with Gasteiger partial charge in [-0.1, -0.05) is 41.4 Å². The van der Waals surface area contributed by atoms with Crippen LogP contribution in [0.2, 0.25) is 10.0 Å². The zero-order valence-corrected chi connectivity index (χ0v) is 13.3. The van der Waals surface area contributed by atoms with Crippen molar-refractivity contribution in [3.63, 3.8) is 0 Å². The molecule has 22 heavy (non-hydrogen) atoms. The summed E-state index contributed by atoms with van der Waals surface area (Å²) < 4.78 is 0. The van der Waals surface area contributed by atoms with Gasteiger partial charge in [0.1, 0.15) is 0 Å². The molecule has 0 saturated heterocycles. The Morgan fingerprint density at radius 2 is 1.73 bits per heavy atom. The van der Waals surface area contributed by atoms with Gasteiger partial charge >= 0.3 is 0 Å². The first-order valence-corrected chi connectivity index (χ1v) is 7.54. The van der Waals surface area contributed by atoms with Gasteiger partial charge in [-0.2, -0.15) is 5.26 Å². The molecule has 0 radical (unpaired) electrons. The first-order valence-electron chi connectivity index (χ1n) is 6.79. The van der Waals surface area contributed by atoms with Gasteiger partial charge in [-0.05, 0) is 41.8 Å². The van der Waals surface area contributed by atoms with Crippen LogP contribution in [0.4, 0.5) is 5.69 Å². The molecule has 0 aromatic heterocycles. The number of carbonyl (C=O) groups is 1. The average Bonchev–Trinajstić information content (AvgIpc) is 2.49. The Morgan fingerprint density at radius 3 is 2.32 bits per heavy atom. The topological polar surface area (TPSA) is 52.9 Å². The number of carbonyl (C=O) groups excluding carboxylic acids is 1. The number of amides is 1. The number of anilines is 1. The maximum atomic E-state index is 12.0. The molecule has 1 amide bonds. The fourth-order valence-electron chi connectivity index (χ4n) is 2.03. The molecule has 112 valence electrons. The third-order valence-corrected chi connectivity index (χ3v) is 3.89. The van der Waals surface area contributed by atoms with E-state index in [-0.39, 0.29) is 5.91 Å². The predicted molar refractivity (Wildman–Crippen MR) is 89.2 cm³/mol. The van der Waals surface area contributed by atoms with E-state index in [2.05, 4.69) is 11.4 Å². The number of nitriles is 1. The lowest BCUT2D eigenvalue weighted by atomic mass is 10.1. The number of nitrogens with zero attached hydrogens (tertiary/aromatic N) is 1. The van der Waals surface area contributed by atoms with Crippen molar-refractivity contribution in [3.8, 4) is 6.07 Å². The van der Waals surface area contributed by atoms with Gasteiger partial charge in [-0.25, -0.2) is 0 Å². The summed E-state index contributed by atoms with van der Waals surface area (Å²) in [5.74, 6) is -0.107. The maximum Gasteiger partial charge on any atom is 0.224 e. The van der Waals surface area contributed by atoms with Crippen molar-refractivity contribution in [2.24, 2.45) is 0 Å². The molecular formula is C17H14Cl2N2O. The van der Waals surface area contributed by atoms with Gasteiger partial charge in [-0.3, -0.25) is 4.79 Å². The monoisotopic (exact) mass is 332 g/mol. The summed E-state index contributed by atoms with van der Waals surface area (Å²) in [5, 5.41) is 12.6. The smallest absolute Gasteiger partial charge is 0.224 e. The summed E-state index contributed by atoms with van der Waals surface area (Å²) >= 11 is 12.2. The molecule has 0 spiro atoms. The van der Waals surface area contributed by atoms with Gasteiger partial charge in [0.05, 0.1) is 12.5 Å². The highest BCUT2D eigenvalue weighted by atomic mass is 35.5. The van der Waals surface area contributed by atoms with E-state index in [4.69, 9.17) is 28.5 Å². The molecular weight excluding hydrogens is 319 g/mol. The third-order valence-electron chi connectivity index (χ3n) is 3.18. The standard InChI is InChI=1S/C17H14Cl2N2O/c18-15-2-1-3-16(19)14(15)8-9-17(22)21-13-6-4-12(5-7-13)10-11-20/h1-7H,8-10H2,(H,21,22). The molecule has 3 nitrogen and oxygen atoms in total. The van der Waals surface area contributed by atoms with Gasteiger partial charge in [-0.15, -0.1) is 0 Å². The van der Waals surface area contributed by atoms with E-state index < -0.39 is 0 Å². The van der Waals surface area contributed by atoms with E-state index in [0.29, 0.717) is 35.0 Å². The minimum Gasteiger partial charge on any atom is -0.326 e. The lowest BCUT2D eigenvalue weighted by molar-refractivity contribution is -0.116. The summed E-state index contributed by atoms with van der Waals surface area (Å²) in [6.45, 7) is 0. The summed E-state index contributed by atoms with van der Waals surface area (Å²) in [5.41, 5.74) is 2.41. The maximum absolute atomic E-state index is 12.0. The Bertz CT molecular complexity index is 685. The minimum absolute atomic E-state index is 0.107. The molecule has 0 aliphatic rings. The zero-order chi connectivity index (χ0) is 15.9. The largest absolute Gasteiger partial charge is 0.326 e. The number of halogens is 2. The second-order valence-corrected chi connectivity index (χ2v) is 5.59. The fraction of sp³-hybridized carbons (Fsp3) is 0.176. The molecule has 0 unspecified atom stereocenters. The number of nitrogens with one attached hydrogen (secondary N) is 1. The van der Waals surface area contributed by atoms with E-state index >= 15 is 0 Å². The zero-order valence-electron chi connectivity index (χ0n) is 11.8. The van der Waals surface area contributed by atoms with Crippen LogP contribution in [0.25, 0.3) is 0 Å². The second-order valence-electron chi connectivity index (χ2n) is 4.78. The first-order chi connectivity index (χ1) is 10.6. The van der Waals surface area contributed by atoms with Gasteiger partial charge in [0.25, 0.3) is 0 Å².